The van der Waals surface area contributed by atoms with Crippen LogP contribution >= 0.6 is 0 Å². The van der Waals surface area contributed by atoms with E-state index in [4.69, 9.17) is 24.0 Å². The van der Waals surface area contributed by atoms with Crippen molar-refractivity contribution in [1.82, 2.24) is 5.01 Å². The van der Waals surface area contributed by atoms with Crippen LogP contribution in [-0.2, 0) is 23.7 Å². The Morgan fingerprint density at radius 3 is 2.66 bits per heavy atom. The number of nitrogens with zero attached hydrogens (tertiary/aromatic N) is 2. The molecule has 0 saturated carbocycles. The summed E-state index contributed by atoms with van der Waals surface area (Å²) in [6, 6.07) is 10.2. The van der Waals surface area contributed by atoms with E-state index >= 15 is 0 Å². The molecule has 2 fully saturated rings. The Labute approximate surface area is 192 Å². The molecule has 0 aliphatic carbocycles. The van der Waals surface area contributed by atoms with E-state index in [9.17, 15) is 4.79 Å². The summed E-state index contributed by atoms with van der Waals surface area (Å²) in [6.45, 7) is 11.3. The van der Waals surface area contributed by atoms with Crippen molar-refractivity contribution in [3.8, 4) is 0 Å². The average molecular weight is 447 g/mol. The molecule has 0 bridgehead atoms. The van der Waals surface area contributed by atoms with Crippen LogP contribution in [0.4, 0.5) is 0 Å². The van der Waals surface area contributed by atoms with Crippen molar-refractivity contribution >= 4 is 11.7 Å². The lowest BCUT2D eigenvalue weighted by atomic mass is 9.87. The lowest BCUT2D eigenvalue weighted by Gasteiger charge is -2.41. The summed E-state index contributed by atoms with van der Waals surface area (Å²) in [5.74, 6) is -1.27. The molecule has 7 nitrogen and oxygen atoms in total. The Morgan fingerprint density at radius 1 is 1.28 bits per heavy atom. The van der Waals surface area contributed by atoms with Crippen molar-refractivity contribution in [1.29, 1.82) is 0 Å². The lowest BCUT2D eigenvalue weighted by Crippen LogP contribution is -2.50. The second kappa shape index (κ2) is 10.3. The third-order valence-electron chi connectivity index (χ3n) is 5.67. The van der Waals surface area contributed by atoms with E-state index in [1.807, 2.05) is 65.0 Å². The van der Waals surface area contributed by atoms with E-state index in [2.05, 4.69) is 5.01 Å². The predicted molar refractivity (Wildman–Crippen MR) is 124 cm³/mol. The van der Waals surface area contributed by atoms with Crippen molar-refractivity contribution in [2.45, 2.75) is 83.3 Å². The van der Waals surface area contributed by atoms with Crippen molar-refractivity contribution < 1.29 is 23.7 Å². The molecule has 0 spiro atoms. The second-order valence-corrected chi connectivity index (χ2v) is 10.0. The highest BCUT2D eigenvalue weighted by Crippen LogP contribution is 2.34. The minimum Gasteiger partial charge on any atom is -0.460 e. The molecule has 2 heterocycles. The van der Waals surface area contributed by atoms with E-state index in [1.54, 1.807) is 7.11 Å². The summed E-state index contributed by atoms with van der Waals surface area (Å²) in [7, 11) is 1.72. The number of carbonyl (C=O) groups is 1. The molecule has 2 aliphatic rings. The number of carbonyl (C=O) groups excluding carboxylic acids is 1. The van der Waals surface area contributed by atoms with Gasteiger partial charge in [0.25, 0.3) is 0 Å². The topological polar surface area (TPSA) is 69.6 Å². The number of esters is 1. The highest BCUT2D eigenvalue weighted by atomic mass is 16.7. The standard InChI is InChI=1S/C25H38N2O5/c1-24(2,3)31-22(28)15-20(18-11-8-7-9-12-18)23-21(17-30-25(4,5)32-23)26-27-14-10-13-19(27)16-29-6/h7-9,11-12,19-20,23H,10,13-17H2,1-6H3/b26-21+/t19-,20-,23-/m0/s1. The monoisotopic (exact) mass is 446 g/mol. The van der Waals surface area contributed by atoms with Gasteiger partial charge in [0, 0.05) is 19.6 Å². The van der Waals surface area contributed by atoms with Crippen molar-refractivity contribution in [2.24, 2.45) is 5.10 Å². The lowest BCUT2D eigenvalue weighted by molar-refractivity contribution is -0.239. The zero-order chi connectivity index (χ0) is 23.4. The van der Waals surface area contributed by atoms with Gasteiger partial charge < -0.3 is 18.9 Å². The molecule has 2 aliphatic heterocycles. The van der Waals surface area contributed by atoms with Crippen LogP contribution in [0.5, 0.6) is 0 Å². The van der Waals surface area contributed by atoms with E-state index in [0.29, 0.717) is 13.2 Å². The first-order valence-electron chi connectivity index (χ1n) is 11.5. The Balaban J connectivity index is 1.93. The summed E-state index contributed by atoms with van der Waals surface area (Å²) in [4.78, 5) is 12.9. The van der Waals surface area contributed by atoms with Gasteiger partial charge in [-0.1, -0.05) is 30.3 Å². The van der Waals surface area contributed by atoms with Crippen molar-refractivity contribution in [3.05, 3.63) is 35.9 Å². The Bertz CT molecular complexity index is 787. The first kappa shape index (κ1) is 24.7. The Hall–Kier alpha value is -1.96. The summed E-state index contributed by atoms with van der Waals surface area (Å²) in [5.41, 5.74) is 1.27. The van der Waals surface area contributed by atoms with Crippen LogP contribution in [0, 0.1) is 0 Å². The molecule has 1 aromatic rings. The van der Waals surface area contributed by atoms with Crippen molar-refractivity contribution in [3.63, 3.8) is 0 Å². The molecule has 178 valence electrons. The molecular formula is C25H38N2O5. The largest absolute Gasteiger partial charge is 0.460 e. The quantitative estimate of drug-likeness (QED) is 0.587. The molecule has 0 N–H and O–H groups in total. The van der Waals surface area contributed by atoms with E-state index < -0.39 is 17.5 Å². The summed E-state index contributed by atoms with van der Waals surface area (Å²) in [5, 5.41) is 7.07. The molecule has 2 saturated heterocycles. The fourth-order valence-corrected chi connectivity index (χ4v) is 4.28. The molecule has 32 heavy (non-hydrogen) atoms. The van der Waals surface area contributed by atoms with Gasteiger partial charge in [-0.05, 0) is 53.0 Å². The number of benzene rings is 1. The first-order chi connectivity index (χ1) is 15.1. The van der Waals surface area contributed by atoms with Gasteiger partial charge in [-0.2, -0.15) is 5.10 Å². The number of hydrogen-bond acceptors (Lipinski definition) is 7. The summed E-state index contributed by atoms with van der Waals surface area (Å²) >= 11 is 0. The molecular weight excluding hydrogens is 408 g/mol. The maximum Gasteiger partial charge on any atom is 0.307 e. The highest BCUT2D eigenvalue weighted by molar-refractivity contribution is 5.92. The minimum atomic E-state index is -0.776. The number of methoxy groups -OCH3 is 1. The third-order valence-corrected chi connectivity index (χ3v) is 5.67. The zero-order valence-electron chi connectivity index (χ0n) is 20.3. The van der Waals surface area contributed by atoms with Gasteiger partial charge in [-0.25, -0.2) is 0 Å². The molecule has 7 heteroatoms. The van der Waals surface area contributed by atoms with E-state index in [0.717, 1.165) is 30.7 Å². The minimum absolute atomic E-state index is 0.197. The van der Waals surface area contributed by atoms with Crippen LogP contribution in [0.1, 0.15) is 65.4 Å². The van der Waals surface area contributed by atoms with Crippen LogP contribution in [0.25, 0.3) is 0 Å². The van der Waals surface area contributed by atoms with Crippen LogP contribution < -0.4 is 0 Å². The fraction of sp³-hybridized carbons (Fsp3) is 0.680. The first-order valence-corrected chi connectivity index (χ1v) is 11.5. The fourth-order valence-electron chi connectivity index (χ4n) is 4.28. The van der Waals surface area contributed by atoms with Gasteiger partial charge in [0.1, 0.15) is 11.7 Å². The van der Waals surface area contributed by atoms with Gasteiger partial charge in [0.2, 0.25) is 0 Å². The Morgan fingerprint density at radius 2 is 2.00 bits per heavy atom. The van der Waals surface area contributed by atoms with Gasteiger partial charge in [0.15, 0.2) is 5.79 Å². The number of ether oxygens (including phenoxy) is 4. The molecule has 0 aromatic heterocycles. The molecule has 0 unspecified atom stereocenters. The predicted octanol–water partition coefficient (Wildman–Crippen LogP) is 4.12. The molecule has 3 atom stereocenters. The van der Waals surface area contributed by atoms with Crippen LogP contribution in [-0.4, -0.2) is 67.1 Å². The van der Waals surface area contributed by atoms with Crippen LogP contribution in [0.15, 0.2) is 35.4 Å². The molecule has 3 rings (SSSR count). The average Bonchev–Trinajstić information content (AvgIpc) is 3.14. The van der Waals surface area contributed by atoms with E-state index in [1.165, 1.54) is 0 Å². The third kappa shape index (κ3) is 6.77. The van der Waals surface area contributed by atoms with Gasteiger partial charge in [0.05, 0.1) is 31.4 Å². The number of rotatable bonds is 7. The normalized spacial score (nSPS) is 25.7. The SMILES string of the molecule is COC[C@@H]1CCCN1/N=C1\COC(C)(C)O[C@H]1[C@@H](CC(=O)OC(C)(C)C)c1ccccc1. The second-order valence-electron chi connectivity index (χ2n) is 10.0. The smallest absolute Gasteiger partial charge is 0.307 e. The van der Waals surface area contributed by atoms with Crippen LogP contribution in [0.2, 0.25) is 0 Å². The number of hydrazone groups is 1. The molecule has 1 aromatic carbocycles. The van der Waals surface area contributed by atoms with Gasteiger partial charge in [-0.15, -0.1) is 0 Å². The summed E-state index contributed by atoms with van der Waals surface area (Å²) in [6.07, 6.45) is 1.91. The maximum atomic E-state index is 12.9. The van der Waals surface area contributed by atoms with Crippen molar-refractivity contribution in [2.75, 3.05) is 26.9 Å². The Kier molecular flexibility index (Phi) is 7.96. The maximum absolute atomic E-state index is 12.9. The molecule has 0 amide bonds. The zero-order valence-corrected chi connectivity index (χ0v) is 20.3. The summed E-state index contributed by atoms with van der Waals surface area (Å²) < 4.78 is 23.4. The van der Waals surface area contributed by atoms with Gasteiger partial charge in [-0.3, -0.25) is 9.80 Å². The molecule has 0 radical (unpaired) electrons. The highest BCUT2D eigenvalue weighted by Gasteiger charge is 2.41. The van der Waals surface area contributed by atoms with E-state index in [-0.39, 0.29) is 24.3 Å². The van der Waals surface area contributed by atoms with Gasteiger partial charge >= 0.3 is 5.97 Å². The van der Waals surface area contributed by atoms with Crippen LogP contribution in [0.3, 0.4) is 0 Å². The number of hydrogen-bond donors (Lipinski definition) is 0.